The van der Waals surface area contributed by atoms with Crippen molar-refractivity contribution in [2.45, 2.75) is 19.5 Å². The summed E-state index contributed by atoms with van der Waals surface area (Å²) in [5, 5.41) is 11.0. The van der Waals surface area contributed by atoms with Crippen molar-refractivity contribution in [3.8, 4) is 0 Å². The third kappa shape index (κ3) is 4.49. The van der Waals surface area contributed by atoms with Gasteiger partial charge in [0.25, 0.3) is 0 Å². The highest BCUT2D eigenvalue weighted by Crippen LogP contribution is 2.40. The zero-order valence-corrected chi connectivity index (χ0v) is 13.3. The highest BCUT2D eigenvalue weighted by molar-refractivity contribution is 5.97. The van der Waals surface area contributed by atoms with Crippen molar-refractivity contribution in [2.24, 2.45) is 11.8 Å². The fraction of sp³-hybridized carbons (Fsp3) is 0.438. The molecule has 1 aromatic carbocycles. The van der Waals surface area contributed by atoms with Crippen molar-refractivity contribution in [1.29, 1.82) is 0 Å². The Labute approximate surface area is 141 Å². The summed E-state index contributed by atoms with van der Waals surface area (Å²) in [5.41, 5.74) is -1.37. The number of rotatable bonds is 6. The number of alkyl halides is 3. The molecule has 0 spiro atoms. The van der Waals surface area contributed by atoms with E-state index in [1.54, 1.807) is 6.92 Å². The summed E-state index contributed by atoms with van der Waals surface area (Å²) in [7, 11) is 0. The number of carbonyl (C=O) groups is 3. The number of hydrogen-bond acceptors (Lipinski definition) is 3. The van der Waals surface area contributed by atoms with Crippen LogP contribution in [0.3, 0.4) is 0 Å². The number of aliphatic carboxylic acids is 1. The Morgan fingerprint density at radius 1 is 1.24 bits per heavy atom. The van der Waals surface area contributed by atoms with Gasteiger partial charge in [-0.15, -0.1) is 0 Å². The molecule has 2 atom stereocenters. The molecule has 2 N–H and O–H groups in total. The first-order chi connectivity index (χ1) is 11.6. The summed E-state index contributed by atoms with van der Waals surface area (Å²) < 4.78 is 38.8. The van der Waals surface area contributed by atoms with Gasteiger partial charge in [-0.2, -0.15) is 13.2 Å². The zero-order chi connectivity index (χ0) is 18.8. The van der Waals surface area contributed by atoms with Crippen molar-refractivity contribution in [2.75, 3.05) is 18.4 Å². The fourth-order valence-corrected chi connectivity index (χ4v) is 2.52. The molecule has 1 saturated carbocycles. The number of anilines is 1. The number of likely N-dealkylation sites (N-methyl/N-ethyl adjacent to an activating group) is 1. The van der Waals surface area contributed by atoms with Crippen LogP contribution in [0.2, 0.25) is 0 Å². The van der Waals surface area contributed by atoms with Crippen LogP contribution >= 0.6 is 0 Å². The maximum Gasteiger partial charge on any atom is 0.418 e. The van der Waals surface area contributed by atoms with E-state index >= 15 is 0 Å². The van der Waals surface area contributed by atoms with Crippen LogP contribution in [0.15, 0.2) is 24.3 Å². The summed E-state index contributed by atoms with van der Waals surface area (Å²) in [4.78, 5) is 36.2. The van der Waals surface area contributed by atoms with Crippen LogP contribution in [0.4, 0.5) is 18.9 Å². The van der Waals surface area contributed by atoms with Crippen molar-refractivity contribution in [3.05, 3.63) is 29.8 Å². The van der Waals surface area contributed by atoms with E-state index in [2.05, 4.69) is 5.32 Å². The quantitative estimate of drug-likeness (QED) is 0.816. The van der Waals surface area contributed by atoms with Gasteiger partial charge in [-0.25, -0.2) is 0 Å². The van der Waals surface area contributed by atoms with Crippen molar-refractivity contribution < 1.29 is 32.7 Å². The van der Waals surface area contributed by atoms with Crippen LogP contribution in [0, 0.1) is 11.8 Å². The van der Waals surface area contributed by atoms with Crippen molar-refractivity contribution >= 4 is 23.5 Å². The second-order valence-corrected chi connectivity index (χ2v) is 5.73. The Kier molecular flexibility index (Phi) is 5.34. The smallest absolute Gasteiger partial charge is 0.418 e. The van der Waals surface area contributed by atoms with E-state index in [0.717, 1.165) is 17.0 Å². The number of carbonyl (C=O) groups excluding carboxylic acids is 2. The highest BCUT2D eigenvalue weighted by atomic mass is 19.4. The number of carboxylic acid groups (broad SMARTS) is 1. The predicted octanol–water partition coefficient (Wildman–Crippen LogP) is 2.21. The van der Waals surface area contributed by atoms with Crippen LogP contribution in [0.25, 0.3) is 0 Å². The average Bonchev–Trinajstić information content (AvgIpc) is 3.32. The third-order valence-corrected chi connectivity index (χ3v) is 3.96. The first-order valence-corrected chi connectivity index (χ1v) is 7.62. The maximum atomic E-state index is 12.9. The standard InChI is InChI=1S/C16H17F3N2O4/c1-2-21(14(23)9-7-10(9)15(24)25)8-13(22)20-12-6-4-3-5-11(12)16(17,18)19/h3-6,9-10H,2,7-8H2,1H3,(H,20,22)(H,24,25). The molecule has 0 bridgehead atoms. The Morgan fingerprint density at radius 3 is 2.40 bits per heavy atom. The molecule has 2 amide bonds. The minimum Gasteiger partial charge on any atom is -0.481 e. The SMILES string of the molecule is CCN(CC(=O)Nc1ccccc1C(F)(F)F)C(=O)C1CC1C(=O)O. The van der Waals surface area contributed by atoms with Crippen LogP contribution in [0.5, 0.6) is 0 Å². The first-order valence-electron chi connectivity index (χ1n) is 7.62. The minimum atomic E-state index is -4.62. The van der Waals surface area contributed by atoms with Gasteiger partial charge in [-0.1, -0.05) is 12.1 Å². The van der Waals surface area contributed by atoms with Gasteiger partial charge in [-0.05, 0) is 25.5 Å². The molecule has 136 valence electrons. The second kappa shape index (κ2) is 7.12. The summed E-state index contributed by atoms with van der Waals surface area (Å²) in [6.45, 7) is 1.31. The summed E-state index contributed by atoms with van der Waals surface area (Å²) >= 11 is 0. The predicted molar refractivity (Wildman–Crippen MR) is 81.6 cm³/mol. The van der Waals surface area contributed by atoms with E-state index in [1.165, 1.54) is 12.1 Å². The van der Waals surface area contributed by atoms with Crippen LogP contribution < -0.4 is 5.32 Å². The van der Waals surface area contributed by atoms with E-state index in [1.807, 2.05) is 0 Å². The van der Waals surface area contributed by atoms with Gasteiger partial charge in [0.1, 0.15) is 0 Å². The molecule has 0 radical (unpaired) electrons. The molecule has 0 heterocycles. The largest absolute Gasteiger partial charge is 0.481 e. The summed E-state index contributed by atoms with van der Waals surface area (Å²) in [6, 6.07) is 4.54. The molecule has 1 aliphatic carbocycles. The topological polar surface area (TPSA) is 86.7 Å². The molecule has 9 heteroatoms. The van der Waals surface area contributed by atoms with Gasteiger partial charge >= 0.3 is 12.1 Å². The molecule has 2 rings (SSSR count). The molecule has 1 aromatic rings. The van der Waals surface area contributed by atoms with E-state index in [-0.39, 0.29) is 13.0 Å². The highest BCUT2D eigenvalue weighted by Gasteiger charge is 2.49. The molecule has 1 aliphatic rings. The van der Waals surface area contributed by atoms with Crippen molar-refractivity contribution in [3.63, 3.8) is 0 Å². The van der Waals surface area contributed by atoms with E-state index in [4.69, 9.17) is 5.11 Å². The normalized spacial score (nSPS) is 19.2. The van der Waals surface area contributed by atoms with Gasteiger partial charge in [0.05, 0.1) is 29.6 Å². The van der Waals surface area contributed by atoms with E-state index in [0.29, 0.717) is 0 Å². The number of hydrogen-bond donors (Lipinski definition) is 2. The first kappa shape index (κ1) is 18.8. The second-order valence-electron chi connectivity index (χ2n) is 5.73. The molecular weight excluding hydrogens is 341 g/mol. The van der Waals surface area contributed by atoms with E-state index < -0.39 is 53.6 Å². The summed E-state index contributed by atoms with van der Waals surface area (Å²) in [6.07, 6.45) is -4.41. The number of nitrogens with zero attached hydrogens (tertiary/aromatic N) is 1. The van der Waals surface area contributed by atoms with Gasteiger partial charge in [0.15, 0.2) is 0 Å². The molecule has 0 saturated heterocycles. The zero-order valence-electron chi connectivity index (χ0n) is 13.3. The lowest BCUT2D eigenvalue weighted by molar-refractivity contribution is -0.142. The van der Waals surface area contributed by atoms with E-state index in [9.17, 15) is 27.6 Å². The Balaban J connectivity index is 2.02. The lowest BCUT2D eigenvalue weighted by Crippen LogP contribution is -2.39. The lowest BCUT2D eigenvalue weighted by atomic mass is 10.1. The maximum absolute atomic E-state index is 12.9. The van der Waals surface area contributed by atoms with Gasteiger partial charge in [0.2, 0.25) is 11.8 Å². The minimum absolute atomic E-state index is 0.149. The molecule has 0 aliphatic heterocycles. The molecular formula is C16H17F3N2O4. The Bertz CT molecular complexity index is 690. The molecule has 25 heavy (non-hydrogen) atoms. The molecule has 0 aromatic heterocycles. The molecule has 6 nitrogen and oxygen atoms in total. The number of carboxylic acids is 1. The number of nitrogens with one attached hydrogen (secondary N) is 1. The number of para-hydroxylation sites is 1. The van der Waals surface area contributed by atoms with Gasteiger partial charge in [-0.3, -0.25) is 14.4 Å². The number of amides is 2. The average molecular weight is 358 g/mol. The van der Waals surface area contributed by atoms with Crippen molar-refractivity contribution in [1.82, 2.24) is 4.90 Å². The fourth-order valence-electron chi connectivity index (χ4n) is 2.52. The van der Waals surface area contributed by atoms with Crippen LogP contribution in [-0.2, 0) is 20.6 Å². The third-order valence-electron chi connectivity index (χ3n) is 3.96. The number of benzene rings is 1. The summed E-state index contributed by atoms with van der Waals surface area (Å²) in [5.74, 6) is -3.75. The van der Waals surface area contributed by atoms with Crippen LogP contribution in [0.1, 0.15) is 18.9 Å². The molecule has 2 unspecified atom stereocenters. The Hall–Kier alpha value is -2.58. The molecule has 1 fully saturated rings. The monoisotopic (exact) mass is 358 g/mol. The van der Waals surface area contributed by atoms with Gasteiger partial charge in [0, 0.05) is 6.54 Å². The lowest BCUT2D eigenvalue weighted by Gasteiger charge is -2.21. The Morgan fingerprint density at radius 2 is 1.88 bits per heavy atom. The number of halogens is 3. The van der Waals surface area contributed by atoms with Gasteiger partial charge < -0.3 is 15.3 Å². The van der Waals surface area contributed by atoms with Crippen LogP contribution in [-0.4, -0.2) is 40.9 Å².